The molecule has 0 radical (unpaired) electrons. The summed E-state index contributed by atoms with van der Waals surface area (Å²) in [6.07, 6.45) is -2.16. The largest absolute Gasteiger partial charge is 0.394 e. The molecule has 5 atom stereocenters. The number of aliphatic hydroxyl groups excluding tert-OH is 3. The summed E-state index contributed by atoms with van der Waals surface area (Å²) in [4.78, 5) is 14.5. The number of unbranched alkanes of at least 4 members (excludes halogenated alkanes) is 1. The molecule has 1 aliphatic heterocycles. The number of hydrogen-bond acceptors (Lipinski definition) is 10. The molecule has 1 rings (SSSR count). The van der Waals surface area contributed by atoms with Crippen LogP contribution < -0.4 is 5.32 Å². The first kappa shape index (κ1) is 29.5. The van der Waals surface area contributed by atoms with Crippen LogP contribution >= 0.6 is 0 Å². The zero-order valence-electron chi connectivity index (χ0n) is 19.2. The molecule has 0 aromatic carbocycles. The van der Waals surface area contributed by atoms with E-state index in [1.54, 1.807) is 6.92 Å². The first-order valence-corrected chi connectivity index (χ1v) is 11.3. The molecule has 1 fully saturated rings. The van der Waals surface area contributed by atoms with Gasteiger partial charge in [0.1, 0.15) is 12.2 Å². The van der Waals surface area contributed by atoms with Crippen LogP contribution in [0.5, 0.6) is 0 Å². The fraction of sp³-hybridized carbons (Fsp3) is 0.950. The van der Waals surface area contributed by atoms with E-state index in [0.29, 0.717) is 78.6 Å². The molecule has 1 amide bonds. The number of hydrogen-bond donors (Lipinski definition) is 4. The van der Waals surface area contributed by atoms with Crippen molar-refractivity contribution in [3.63, 3.8) is 0 Å². The van der Waals surface area contributed by atoms with E-state index in [0.717, 1.165) is 0 Å². The lowest BCUT2D eigenvalue weighted by Gasteiger charge is -2.40. The van der Waals surface area contributed by atoms with Crippen LogP contribution in [-0.2, 0) is 28.5 Å². The first-order valence-electron chi connectivity index (χ1n) is 11.3. The normalized spacial score (nSPS) is 24.9. The van der Waals surface area contributed by atoms with Gasteiger partial charge in [0, 0.05) is 36.9 Å². The van der Waals surface area contributed by atoms with Gasteiger partial charge < -0.3 is 44.3 Å². The van der Waals surface area contributed by atoms with E-state index in [-0.39, 0.29) is 5.91 Å². The van der Waals surface area contributed by atoms with Crippen LogP contribution in [0, 0.1) is 5.92 Å². The number of carbonyl (C=O) groups is 1. The molecule has 1 aliphatic rings. The van der Waals surface area contributed by atoms with Crippen molar-refractivity contribution in [2.75, 3.05) is 65.9 Å². The Kier molecular flexibility index (Phi) is 16.8. The number of azide groups is 1. The van der Waals surface area contributed by atoms with Crippen molar-refractivity contribution in [2.45, 2.75) is 50.8 Å². The van der Waals surface area contributed by atoms with Gasteiger partial charge in [-0.2, -0.15) is 0 Å². The van der Waals surface area contributed by atoms with Gasteiger partial charge in [0.25, 0.3) is 0 Å². The lowest BCUT2D eigenvalue weighted by molar-refractivity contribution is -0.282. The Morgan fingerprint density at radius 3 is 2.36 bits per heavy atom. The standard InChI is InChI=1S/C20H38N4O9/c1-15-18(27)19(28)16(14-25)33-20(15)32-7-3-2-4-17(26)22-5-8-29-10-12-31-13-11-30-9-6-23-24-21/h15-16,18-20,25,27-28H,2-14H2,1H3,(H,22,26). The summed E-state index contributed by atoms with van der Waals surface area (Å²) in [5, 5.41) is 35.2. The van der Waals surface area contributed by atoms with Crippen LogP contribution in [0.15, 0.2) is 5.11 Å². The Labute approximate surface area is 193 Å². The molecule has 0 aromatic rings. The van der Waals surface area contributed by atoms with E-state index >= 15 is 0 Å². The Morgan fingerprint density at radius 1 is 1.03 bits per heavy atom. The minimum absolute atomic E-state index is 0.0751. The highest BCUT2D eigenvalue weighted by molar-refractivity contribution is 5.75. The van der Waals surface area contributed by atoms with Crippen LogP contribution in [0.2, 0.25) is 0 Å². The number of carbonyl (C=O) groups excluding carboxylic acids is 1. The molecule has 0 saturated carbocycles. The van der Waals surface area contributed by atoms with Crippen molar-refractivity contribution in [1.82, 2.24) is 5.32 Å². The van der Waals surface area contributed by atoms with Crippen molar-refractivity contribution < 1.29 is 43.8 Å². The Bertz CT molecular complexity index is 564. The van der Waals surface area contributed by atoms with Crippen molar-refractivity contribution in [2.24, 2.45) is 11.0 Å². The molecule has 5 unspecified atom stereocenters. The third-order valence-corrected chi connectivity index (χ3v) is 4.98. The van der Waals surface area contributed by atoms with Gasteiger partial charge in [-0.3, -0.25) is 4.79 Å². The second kappa shape index (κ2) is 18.8. The predicted molar refractivity (Wildman–Crippen MR) is 116 cm³/mol. The number of amides is 1. The highest BCUT2D eigenvalue weighted by atomic mass is 16.7. The van der Waals surface area contributed by atoms with Gasteiger partial charge in [-0.15, -0.1) is 0 Å². The van der Waals surface area contributed by atoms with E-state index in [4.69, 9.17) is 29.2 Å². The van der Waals surface area contributed by atoms with Gasteiger partial charge in [-0.05, 0) is 18.4 Å². The number of aliphatic hydroxyl groups is 3. The fourth-order valence-corrected chi connectivity index (χ4v) is 3.04. The van der Waals surface area contributed by atoms with Crippen LogP contribution in [-0.4, -0.2) is 112 Å². The number of ether oxygens (including phenoxy) is 5. The fourth-order valence-electron chi connectivity index (χ4n) is 3.04. The van der Waals surface area contributed by atoms with Crippen molar-refractivity contribution >= 4 is 5.91 Å². The second-order valence-corrected chi connectivity index (χ2v) is 7.54. The van der Waals surface area contributed by atoms with Gasteiger partial charge in [-0.25, -0.2) is 0 Å². The average molecular weight is 479 g/mol. The minimum Gasteiger partial charge on any atom is -0.394 e. The monoisotopic (exact) mass is 478 g/mol. The molecule has 1 saturated heterocycles. The molecule has 192 valence electrons. The van der Waals surface area contributed by atoms with E-state index in [2.05, 4.69) is 15.3 Å². The van der Waals surface area contributed by atoms with Gasteiger partial charge >= 0.3 is 0 Å². The molecule has 0 spiro atoms. The molecule has 13 heteroatoms. The summed E-state index contributed by atoms with van der Waals surface area (Å²) in [7, 11) is 0. The molecule has 13 nitrogen and oxygen atoms in total. The van der Waals surface area contributed by atoms with Gasteiger partial charge in [0.15, 0.2) is 6.29 Å². The molecule has 0 aromatic heterocycles. The summed E-state index contributed by atoms with van der Waals surface area (Å²) in [5.41, 5.74) is 8.11. The van der Waals surface area contributed by atoms with Crippen LogP contribution in [0.1, 0.15) is 26.2 Å². The smallest absolute Gasteiger partial charge is 0.220 e. The van der Waals surface area contributed by atoms with E-state index in [1.807, 2.05) is 0 Å². The molecule has 33 heavy (non-hydrogen) atoms. The summed E-state index contributed by atoms with van der Waals surface area (Å²) in [5.74, 6) is -0.505. The van der Waals surface area contributed by atoms with Gasteiger partial charge in [0.05, 0.1) is 52.4 Å². The highest BCUT2D eigenvalue weighted by Crippen LogP contribution is 2.26. The summed E-state index contributed by atoms with van der Waals surface area (Å²) < 4.78 is 27.0. The lowest BCUT2D eigenvalue weighted by atomic mass is 9.92. The Hall–Kier alpha value is -1.54. The Balaban J connectivity index is 1.92. The zero-order valence-corrected chi connectivity index (χ0v) is 19.2. The number of nitrogens with zero attached hydrogens (tertiary/aromatic N) is 3. The van der Waals surface area contributed by atoms with Gasteiger partial charge in [0.2, 0.25) is 5.91 Å². The van der Waals surface area contributed by atoms with E-state index < -0.39 is 37.1 Å². The molecule has 1 heterocycles. The van der Waals surface area contributed by atoms with Crippen LogP contribution in [0.3, 0.4) is 0 Å². The number of nitrogens with one attached hydrogen (secondary N) is 1. The molecular weight excluding hydrogens is 440 g/mol. The second-order valence-electron chi connectivity index (χ2n) is 7.54. The third kappa shape index (κ3) is 13.1. The van der Waals surface area contributed by atoms with E-state index in [1.165, 1.54) is 0 Å². The maximum Gasteiger partial charge on any atom is 0.220 e. The molecule has 0 aliphatic carbocycles. The van der Waals surface area contributed by atoms with E-state index in [9.17, 15) is 20.1 Å². The van der Waals surface area contributed by atoms with Gasteiger partial charge in [-0.1, -0.05) is 12.0 Å². The first-order chi connectivity index (χ1) is 16.0. The average Bonchev–Trinajstić information content (AvgIpc) is 2.81. The van der Waals surface area contributed by atoms with Crippen LogP contribution in [0.4, 0.5) is 0 Å². The maximum absolute atomic E-state index is 11.8. The summed E-state index contributed by atoms with van der Waals surface area (Å²) >= 11 is 0. The SMILES string of the molecule is CC1C(OCCCCC(=O)NCCOCCOCCOCCN=[N+]=[N-])OC(CO)C(O)C1O. The van der Waals surface area contributed by atoms with Crippen molar-refractivity contribution in [1.29, 1.82) is 0 Å². The van der Waals surface area contributed by atoms with Crippen LogP contribution in [0.25, 0.3) is 10.4 Å². The molecular formula is C20H38N4O9. The Morgan fingerprint density at radius 2 is 1.70 bits per heavy atom. The third-order valence-electron chi connectivity index (χ3n) is 4.98. The lowest BCUT2D eigenvalue weighted by Crippen LogP contribution is -2.55. The minimum atomic E-state index is -1.15. The summed E-state index contributed by atoms with van der Waals surface area (Å²) in [6, 6.07) is 0. The molecule has 0 bridgehead atoms. The number of rotatable bonds is 19. The maximum atomic E-state index is 11.8. The topological polar surface area (TPSA) is 185 Å². The predicted octanol–water partition coefficient (Wildman–Crippen LogP) is -0.275. The van der Waals surface area contributed by atoms with Crippen molar-refractivity contribution in [3.8, 4) is 0 Å². The zero-order chi connectivity index (χ0) is 24.3. The summed E-state index contributed by atoms with van der Waals surface area (Å²) in [6.45, 7) is 4.79. The molecule has 4 N–H and O–H groups in total. The quantitative estimate of drug-likeness (QED) is 0.0839. The van der Waals surface area contributed by atoms with Crippen molar-refractivity contribution in [3.05, 3.63) is 10.4 Å². The highest BCUT2D eigenvalue weighted by Gasteiger charge is 2.42.